The molecule has 4 aromatic rings. The molecule has 5 nitrogen and oxygen atoms in total. The van der Waals surface area contributed by atoms with Crippen LogP contribution in [-0.2, 0) is 13.9 Å². The van der Waals surface area contributed by atoms with E-state index >= 15 is 0 Å². The minimum Gasteiger partial charge on any atom is -0.322 e. The molecule has 0 spiro atoms. The molecule has 1 aliphatic heterocycles. The molecule has 4 aliphatic rings. The Morgan fingerprint density at radius 2 is 1.30 bits per heavy atom. The molecule has 0 unspecified atom stereocenters. The standard InChI is InChI=1S/C31H21BrN2O3/c32-31-23-12-6-4-10-21(23)25(22-11-5-7-13-24(22)31)26-27(31)30(37)34(29(26)36)20-16-14-19(15-17-20)33-28(35)18-8-2-1-3-9-18/h1-17,25-27H,(H,33,35)/t25?,26-,27+,31?/m0/s1. The van der Waals surface area contributed by atoms with Gasteiger partial charge in [-0.25, -0.2) is 4.90 Å². The maximum atomic E-state index is 14.0. The fourth-order valence-electron chi connectivity index (χ4n) is 6.42. The fourth-order valence-corrected chi connectivity index (χ4v) is 7.62. The van der Waals surface area contributed by atoms with E-state index < -0.39 is 16.2 Å². The van der Waals surface area contributed by atoms with Crippen LogP contribution in [0, 0.1) is 11.8 Å². The predicted octanol–water partition coefficient (Wildman–Crippen LogP) is 5.84. The van der Waals surface area contributed by atoms with Crippen molar-refractivity contribution >= 4 is 45.0 Å². The summed E-state index contributed by atoms with van der Waals surface area (Å²) in [4.78, 5) is 41.8. The van der Waals surface area contributed by atoms with Crippen LogP contribution in [0.3, 0.4) is 0 Å². The summed E-state index contributed by atoms with van der Waals surface area (Å²) in [7, 11) is 0. The van der Waals surface area contributed by atoms with Gasteiger partial charge in [0.2, 0.25) is 11.8 Å². The van der Waals surface area contributed by atoms with Gasteiger partial charge in [-0.2, -0.15) is 0 Å². The summed E-state index contributed by atoms with van der Waals surface area (Å²) in [5, 5.41) is 2.87. The third-order valence-electron chi connectivity index (χ3n) is 7.93. The van der Waals surface area contributed by atoms with Gasteiger partial charge in [-0.05, 0) is 58.7 Å². The normalized spacial score (nSPS) is 24.9. The summed E-state index contributed by atoms with van der Waals surface area (Å²) in [5.74, 6) is -1.83. The summed E-state index contributed by atoms with van der Waals surface area (Å²) in [6.07, 6.45) is 0. The summed E-state index contributed by atoms with van der Waals surface area (Å²) >= 11 is 4.02. The zero-order chi connectivity index (χ0) is 25.3. The number of amides is 3. The summed E-state index contributed by atoms with van der Waals surface area (Å²) in [6.45, 7) is 0. The molecular formula is C31H21BrN2O3. The molecule has 0 saturated carbocycles. The van der Waals surface area contributed by atoms with Crippen LogP contribution in [0.4, 0.5) is 11.4 Å². The Kier molecular flexibility index (Phi) is 4.79. The van der Waals surface area contributed by atoms with Crippen LogP contribution in [0.2, 0.25) is 0 Å². The van der Waals surface area contributed by atoms with E-state index in [-0.39, 0.29) is 23.6 Å². The number of rotatable bonds is 3. The Hall–Kier alpha value is -4.03. The third kappa shape index (κ3) is 2.99. The molecule has 1 fully saturated rings. The largest absolute Gasteiger partial charge is 0.322 e. The highest BCUT2D eigenvalue weighted by molar-refractivity contribution is 9.09. The monoisotopic (exact) mass is 548 g/mol. The number of carbonyl (C=O) groups excluding carboxylic acids is 3. The van der Waals surface area contributed by atoms with Gasteiger partial charge in [0.15, 0.2) is 0 Å². The Bertz CT molecular complexity index is 1550. The SMILES string of the molecule is O=C(Nc1ccc(N2C(=O)[C@H]3C4c5ccccc5C(Br)(c5ccccc54)[C@H]3C2=O)cc1)c1ccccc1. The smallest absolute Gasteiger partial charge is 0.255 e. The van der Waals surface area contributed by atoms with Crippen LogP contribution in [0.5, 0.6) is 0 Å². The Labute approximate surface area is 222 Å². The predicted molar refractivity (Wildman–Crippen MR) is 145 cm³/mol. The van der Waals surface area contributed by atoms with Crippen molar-refractivity contribution in [1.29, 1.82) is 0 Å². The van der Waals surface area contributed by atoms with Gasteiger partial charge in [-0.15, -0.1) is 0 Å². The number of benzene rings is 4. The summed E-state index contributed by atoms with van der Waals surface area (Å²) < 4.78 is -0.773. The van der Waals surface area contributed by atoms with Gasteiger partial charge in [0.05, 0.1) is 21.8 Å². The van der Waals surface area contributed by atoms with Gasteiger partial charge in [0.1, 0.15) is 0 Å². The maximum Gasteiger partial charge on any atom is 0.255 e. The molecule has 1 N–H and O–H groups in total. The zero-order valence-electron chi connectivity index (χ0n) is 19.6. The lowest BCUT2D eigenvalue weighted by Crippen LogP contribution is -2.50. The first-order valence-electron chi connectivity index (χ1n) is 12.2. The molecule has 2 bridgehead atoms. The van der Waals surface area contributed by atoms with Gasteiger partial charge in [-0.1, -0.05) is 82.7 Å². The first-order valence-corrected chi connectivity index (χ1v) is 13.0. The summed E-state index contributed by atoms with van der Waals surface area (Å²) in [6, 6.07) is 32.1. The minimum absolute atomic E-state index is 0.178. The highest BCUT2D eigenvalue weighted by Crippen LogP contribution is 2.66. The molecule has 4 aromatic carbocycles. The lowest BCUT2D eigenvalue weighted by Gasteiger charge is -2.51. The third-order valence-corrected chi connectivity index (χ3v) is 9.28. The van der Waals surface area contributed by atoms with Crippen molar-refractivity contribution in [2.75, 3.05) is 10.2 Å². The zero-order valence-corrected chi connectivity index (χ0v) is 21.2. The van der Waals surface area contributed by atoms with Crippen molar-refractivity contribution in [3.63, 3.8) is 0 Å². The topological polar surface area (TPSA) is 66.5 Å². The van der Waals surface area contributed by atoms with Crippen LogP contribution < -0.4 is 10.2 Å². The molecule has 3 amide bonds. The van der Waals surface area contributed by atoms with E-state index in [9.17, 15) is 14.4 Å². The number of imide groups is 1. The van der Waals surface area contributed by atoms with Gasteiger partial charge in [-0.3, -0.25) is 14.4 Å². The maximum absolute atomic E-state index is 14.0. The van der Waals surface area contributed by atoms with E-state index in [0.29, 0.717) is 16.9 Å². The molecule has 180 valence electrons. The Balaban J connectivity index is 1.25. The number of nitrogens with zero attached hydrogens (tertiary/aromatic N) is 1. The molecule has 37 heavy (non-hydrogen) atoms. The van der Waals surface area contributed by atoms with Gasteiger partial charge in [0.25, 0.3) is 5.91 Å². The van der Waals surface area contributed by atoms with Crippen molar-refractivity contribution in [3.8, 4) is 0 Å². The number of anilines is 2. The van der Waals surface area contributed by atoms with Gasteiger partial charge in [0, 0.05) is 17.2 Å². The van der Waals surface area contributed by atoms with E-state index in [1.807, 2.05) is 42.5 Å². The van der Waals surface area contributed by atoms with Crippen molar-refractivity contribution in [2.24, 2.45) is 11.8 Å². The van der Waals surface area contributed by atoms with E-state index in [1.165, 1.54) is 4.90 Å². The van der Waals surface area contributed by atoms with E-state index in [1.54, 1.807) is 36.4 Å². The quantitative estimate of drug-likeness (QED) is 0.258. The van der Waals surface area contributed by atoms with Crippen LogP contribution in [0.1, 0.15) is 38.5 Å². The number of hydrogen-bond donors (Lipinski definition) is 1. The lowest BCUT2D eigenvalue weighted by atomic mass is 9.55. The van der Waals surface area contributed by atoms with E-state index in [2.05, 4.69) is 45.5 Å². The highest BCUT2D eigenvalue weighted by atomic mass is 79.9. The van der Waals surface area contributed by atoms with Crippen molar-refractivity contribution in [3.05, 3.63) is 131 Å². The molecule has 0 radical (unpaired) electrons. The van der Waals surface area contributed by atoms with E-state index in [0.717, 1.165) is 22.3 Å². The van der Waals surface area contributed by atoms with Crippen LogP contribution in [0.15, 0.2) is 103 Å². The molecule has 8 rings (SSSR count). The second-order valence-electron chi connectivity index (χ2n) is 9.75. The van der Waals surface area contributed by atoms with Crippen LogP contribution in [-0.4, -0.2) is 17.7 Å². The first kappa shape index (κ1) is 22.2. The average molecular weight is 549 g/mol. The number of halogens is 1. The fraction of sp³-hybridized carbons (Fsp3) is 0.129. The molecule has 1 saturated heterocycles. The van der Waals surface area contributed by atoms with Gasteiger partial charge >= 0.3 is 0 Å². The lowest BCUT2D eigenvalue weighted by molar-refractivity contribution is -0.122. The van der Waals surface area contributed by atoms with Crippen LogP contribution >= 0.6 is 15.9 Å². The van der Waals surface area contributed by atoms with Crippen molar-refractivity contribution < 1.29 is 14.4 Å². The number of alkyl halides is 1. The first-order chi connectivity index (χ1) is 18.0. The highest BCUT2D eigenvalue weighted by Gasteiger charge is 2.67. The number of carbonyl (C=O) groups is 3. The average Bonchev–Trinajstić information content (AvgIpc) is 3.21. The number of hydrogen-bond acceptors (Lipinski definition) is 3. The second kappa shape index (κ2) is 7.98. The van der Waals surface area contributed by atoms with Crippen molar-refractivity contribution in [2.45, 2.75) is 10.2 Å². The number of nitrogens with one attached hydrogen (secondary N) is 1. The second-order valence-corrected chi connectivity index (χ2v) is 11.0. The molecule has 3 aliphatic carbocycles. The minimum atomic E-state index is -0.773. The Morgan fingerprint density at radius 3 is 1.92 bits per heavy atom. The Morgan fingerprint density at radius 1 is 0.730 bits per heavy atom. The molecule has 0 aromatic heterocycles. The van der Waals surface area contributed by atoms with Crippen molar-refractivity contribution in [1.82, 2.24) is 0 Å². The van der Waals surface area contributed by atoms with E-state index in [4.69, 9.17) is 0 Å². The molecule has 6 heteroatoms. The van der Waals surface area contributed by atoms with Gasteiger partial charge < -0.3 is 5.32 Å². The molecular weight excluding hydrogens is 528 g/mol. The molecule has 2 atom stereocenters. The van der Waals surface area contributed by atoms with Crippen LogP contribution in [0.25, 0.3) is 0 Å². The molecule has 1 heterocycles. The summed E-state index contributed by atoms with van der Waals surface area (Å²) in [5.41, 5.74) is 5.96.